The average Bonchev–Trinajstić information content (AvgIpc) is 3.69. The van der Waals surface area contributed by atoms with E-state index < -0.39 is 12.0 Å². The number of nitrogens with zero attached hydrogens (tertiary/aromatic N) is 4. The zero-order valence-electron chi connectivity index (χ0n) is 22.9. The summed E-state index contributed by atoms with van der Waals surface area (Å²) in [6.07, 6.45) is 2.30. The molecule has 0 bridgehead atoms. The maximum atomic E-state index is 14.0. The van der Waals surface area contributed by atoms with Gasteiger partial charge in [0.25, 0.3) is 0 Å². The van der Waals surface area contributed by atoms with Gasteiger partial charge in [0.2, 0.25) is 11.8 Å². The molecule has 2 atom stereocenters. The number of hydrogen-bond acceptors (Lipinski definition) is 7. The summed E-state index contributed by atoms with van der Waals surface area (Å²) < 4.78 is 12.1. The van der Waals surface area contributed by atoms with Crippen molar-refractivity contribution in [2.24, 2.45) is 0 Å². The molecule has 0 spiro atoms. The van der Waals surface area contributed by atoms with E-state index in [1.165, 1.54) is 7.11 Å². The number of ether oxygens (including phenoxy) is 2. The molecule has 4 aromatic rings. The molecule has 1 N–H and O–H groups in total. The van der Waals surface area contributed by atoms with Crippen molar-refractivity contribution in [1.82, 2.24) is 25.2 Å². The van der Waals surface area contributed by atoms with Crippen LogP contribution in [0.3, 0.4) is 0 Å². The van der Waals surface area contributed by atoms with E-state index in [1.807, 2.05) is 54.6 Å². The number of methoxy groups -OCH3 is 1. The van der Waals surface area contributed by atoms with Gasteiger partial charge in [-0.3, -0.25) is 9.59 Å². The number of nitrogens with one attached hydrogen (secondary N) is 1. The first-order valence-corrected chi connectivity index (χ1v) is 13.7. The van der Waals surface area contributed by atoms with Crippen LogP contribution in [-0.4, -0.2) is 70.6 Å². The standard InChI is InChI=1S/C31H33N5O5/c1-40-31(39)24-15-13-23(14-16-24)29(30(38)32-20-25-10-7-19-41-25)35(18-17-22-8-3-2-4-9-22)28(37)21-36-27-12-6-5-11-26(27)33-34-36/h2-6,8-9,11-16,25,29H,7,10,17-21H2,1H3,(H,32,38). The van der Waals surface area contributed by atoms with Crippen molar-refractivity contribution >= 4 is 28.8 Å². The van der Waals surface area contributed by atoms with Crippen LogP contribution in [0.15, 0.2) is 78.9 Å². The number of esters is 1. The lowest BCUT2D eigenvalue weighted by Crippen LogP contribution is -2.47. The predicted molar refractivity (Wildman–Crippen MR) is 152 cm³/mol. The first kappa shape index (κ1) is 28.0. The molecule has 0 saturated carbocycles. The van der Waals surface area contributed by atoms with Gasteiger partial charge in [-0.1, -0.05) is 59.8 Å². The van der Waals surface area contributed by atoms with Crippen molar-refractivity contribution in [3.8, 4) is 0 Å². The summed E-state index contributed by atoms with van der Waals surface area (Å²) in [4.78, 5) is 41.5. The van der Waals surface area contributed by atoms with E-state index in [9.17, 15) is 14.4 Å². The summed E-state index contributed by atoms with van der Waals surface area (Å²) in [5, 5.41) is 11.4. The molecule has 1 fully saturated rings. The highest BCUT2D eigenvalue weighted by Gasteiger charge is 2.32. The number of rotatable bonds is 11. The third kappa shape index (κ3) is 6.78. The molecule has 2 unspecified atom stereocenters. The topological polar surface area (TPSA) is 116 Å². The van der Waals surface area contributed by atoms with Crippen LogP contribution >= 0.6 is 0 Å². The molecule has 1 aliphatic heterocycles. The van der Waals surface area contributed by atoms with Crippen LogP contribution in [0.2, 0.25) is 0 Å². The Morgan fingerprint density at radius 1 is 1.05 bits per heavy atom. The summed E-state index contributed by atoms with van der Waals surface area (Å²) in [6.45, 7) is 1.22. The van der Waals surface area contributed by atoms with Gasteiger partial charge in [-0.2, -0.15) is 0 Å². The minimum atomic E-state index is -0.950. The van der Waals surface area contributed by atoms with Gasteiger partial charge in [0, 0.05) is 19.7 Å². The fourth-order valence-electron chi connectivity index (χ4n) is 5.05. The first-order chi connectivity index (χ1) is 20.0. The van der Waals surface area contributed by atoms with Crippen LogP contribution in [0.4, 0.5) is 0 Å². The van der Waals surface area contributed by atoms with E-state index in [4.69, 9.17) is 9.47 Å². The third-order valence-corrected chi connectivity index (χ3v) is 7.25. The second-order valence-electron chi connectivity index (χ2n) is 9.95. The van der Waals surface area contributed by atoms with Crippen molar-refractivity contribution in [1.29, 1.82) is 0 Å². The lowest BCUT2D eigenvalue weighted by Gasteiger charge is -2.32. The van der Waals surface area contributed by atoms with Crippen LogP contribution in [-0.2, 0) is 32.0 Å². The molecule has 1 aliphatic rings. The fraction of sp³-hybridized carbons (Fsp3) is 0.323. The van der Waals surface area contributed by atoms with Gasteiger partial charge in [0.15, 0.2) is 0 Å². The van der Waals surface area contributed by atoms with Crippen LogP contribution in [0, 0.1) is 0 Å². The molecule has 0 aliphatic carbocycles. The van der Waals surface area contributed by atoms with E-state index in [2.05, 4.69) is 15.6 Å². The quantitative estimate of drug-likeness (QED) is 0.282. The second-order valence-corrected chi connectivity index (χ2v) is 9.95. The maximum absolute atomic E-state index is 14.0. The molecule has 1 aromatic heterocycles. The summed E-state index contributed by atoms with van der Waals surface area (Å²) in [5.41, 5.74) is 3.38. The number of hydrogen-bond donors (Lipinski definition) is 1. The zero-order chi connectivity index (χ0) is 28.6. The van der Waals surface area contributed by atoms with Gasteiger partial charge < -0.3 is 19.7 Å². The molecular weight excluding hydrogens is 522 g/mol. The van der Waals surface area contributed by atoms with E-state index in [0.29, 0.717) is 36.2 Å². The molecule has 1 saturated heterocycles. The number of benzene rings is 3. The van der Waals surface area contributed by atoms with Gasteiger partial charge >= 0.3 is 5.97 Å². The second kappa shape index (κ2) is 13.2. The Morgan fingerprint density at radius 2 is 1.80 bits per heavy atom. The van der Waals surface area contributed by atoms with Crippen LogP contribution in [0.25, 0.3) is 11.0 Å². The maximum Gasteiger partial charge on any atom is 0.337 e. The van der Waals surface area contributed by atoms with Crippen molar-refractivity contribution in [3.63, 3.8) is 0 Å². The highest BCUT2D eigenvalue weighted by molar-refractivity contribution is 5.91. The normalized spacial score (nSPS) is 15.4. The summed E-state index contributed by atoms with van der Waals surface area (Å²) in [6, 6.07) is 22.9. The molecule has 2 heterocycles. The van der Waals surface area contributed by atoms with Crippen molar-refractivity contribution in [2.75, 3.05) is 26.8 Å². The van der Waals surface area contributed by atoms with E-state index in [1.54, 1.807) is 33.8 Å². The Labute approximate surface area is 238 Å². The summed E-state index contributed by atoms with van der Waals surface area (Å²) in [7, 11) is 1.31. The van der Waals surface area contributed by atoms with E-state index in [-0.39, 0.29) is 31.0 Å². The highest BCUT2D eigenvalue weighted by Crippen LogP contribution is 2.25. The van der Waals surface area contributed by atoms with E-state index in [0.717, 1.165) is 23.9 Å². The lowest BCUT2D eigenvalue weighted by molar-refractivity contribution is -0.141. The molecule has 10 heteroatoms. The number of amides is 2. The zero-order valence-corrected chi connectivity index (χ0v) is 22.9. The van der Waals surface area contributed by atoms with Gasteiger partial charge in [0.1, 0.15) is 18.1 Å². The Kier molecular flexibility index (Phi) is 9.00. The Balaban J connectivity index is 1.47. The molecule has 212 valence electrons. The van der Waals surface area contributed by atoms with Crippen molar-refractivity contribution in [3.05, 3.63) is 95.6 Å². The first-order valence-electron chi connectivity index (χ1n) is 13.7. The Bertz CT molecular complexity index is 1480. The van der Waals surface area contributed by atoms with Crippen LogP contribution in [0.1, 0.15) is 40.4 Å². The smallest absolute Gasteiger partial charge is 0.337 e. The lowest BCUT2D eigenvalue weighted by atomic mass is 10.0. The molecule has 2 amide bonds. The largest absolute Gasteiger partial charge is 0.465 e. The molecular formula is C31H33N5O5. The monoisotopic (exact) mass is 555 g/mol. The SMILES string of the molecule is COC(=O)c1ccc(C(C(=O)NCC2CCCO2)N(CCc2ccccc2)C(=O)Cn2nnc3ccccc32)cc1. The molecule has 0 radical (unpaired) electrons. The van der Waals surface area contributed by atoms with Gasteiger partial charge in [-0.15, -0.1) is 5.10 Å². The molecule has 41 heavy (non-hydrogen) atoms. The Hall–Kier alpha value is -4.57. The van der Waals surface area contributed by atoms with Crippen molar-refractivity contribution in [2.45, 2.75) is 38.0 Å². The van der Waals surface area contributed by atoms with Gasteiger partial charge in [-0.05, 0) is 54.7 Å². The number of fused-ring (bicyclic) bond motifs is 1. The van der Waals surface area contributed by atoms with Crippen LogP contribution in [0.5, 0.6) is 0 Å². The number of aromatic nitrogens is 3. The molecule has 3 aromatic carbocycles. The highest BCUT2D eigenvalue weighted by atomic mass is 16.5. The third-order valence-electron chi connectivity index (χ3n) is 7.25. The Morgan fingerprint density at radius 3 is 2.54 bits per heavy atom. The number of carbonyl (C=O) groups is 3. The minimum absolute atomic E-state index is 0.0590. The molecule has 10 nitrogen and oxygen atoms in total. The van der Waals surface area contributed by atoms with Gasteiger partial charge in [0.05, 0.1) is 24.3 Å². The fourth-order valence-corrected chi connectivity index (χ4v) is 5.05. The molecule has 5 rings (SSSR count). The summed E-state index contributed by atoms with van der Waals surface area (Å²) >= 11 is 0. The number of para-hydroxylation sites is 1. The summed E-state index contributed by atoms with van der Waals surface area (Å²) in [5.74, 6) is -1.09. The van der Waals surface area contributed by atoms with Crippen LogP contribution < -0.4 is 5.32 Å². The van der Waals surface area contributed by atoms with Crippen molar-refractivity contribution < 1.29 is 23.9 Å². The average molecular weight is 556 g/mol. The number of carbonyl (C=O) groups excluding carboxylic acids is 3. The minimum Gasteiger partial charge on any atom is -0.465 e. The van der Waals surface area contributed by atoms with Gasteiger partial charge in [-0.25, -0.2) is 9.48 Å². The van der Waals surface area contributed by atoms with E-state index >= 15 is 0 Å². The predicted octanol–water partition coefficient (Wildman–Crippen LogP) is 3.33.